The van der Waals surface area contributed by atoms with Crippen molar-refractivity contribution in [3.05, 3.63) is 0 Å². The van der Waals surface area contributed by atoms with E-state index in [0.717, 1.165) is 12.3 Å². The monoisotopic (exact) mass is 152 g/mol. The van der Waals surface area contributed by atoms with Crippen LogP contribution < -0.4 is 0 Å². The lowest BCUT2D eigenvalue weighted by Gasteiger charge is -2.26. The summed E-state index contributed by atoms with van der Waals surface area (Å²) in [6, 6.07) is 0. The average molecular weight is 152 g/mol. The third kappa shape index (κ3) is 1.11. The molecule has 0 saturated heterocycles. The van der Waals surface area contributed by atoms with Gasteiger partial charge in [0.25, 0.3) is 0 Å². The number of carbonyl (C=O) groups excluding carboxylic acids is 1. The van der Waals surface area contributed by atoms with Crippen LogP contribution in [0.3, 0.4) is 0 Å². The van der Waals surface area contributed by atoms with Crippen LogP contribution in [-0.2, 0) is 4.79 Å². The first-order chi connectivity index (χ1) is 5.29. The molecule has 0 radical (unpaired) electrons. The second kappa shape index (κ2) is 2.62. The second-order valence-electron chi connectivity index (χ2n) is 4.20. The Morgan fingerprint density at radius 1 is 1.27 bits per heavy atom. The first kappa shape index (κ1) is 7.33. The fourth-order valence-electron chi connectivity index (χ4n) is 2.86. The van der Waals surface area contributed by atoms with Crippen molar-refractivity contribution in [2.24, 2.45) is 17.8 Å². The van der Waals surface area contributed by atoms with Crippen LogP contribution in [0, 0.1) is 17.8 Å². The van der Waals surface area contributed by atoms with Gasteiger partial charge in [-0.05, 0) is 24.7 Å². The molecule has 0 heterocycles. The van der Waals surface area contributed by atoms with E-state index in [1.807, 2.05) is 0 Å². The summed E-state index contributed by atoms with van der Waals surface area (Å²) in [5.74, 6) is 2.48. The normalized spacial score (nSPS) is 44.1. The van der Waals surface area contributed by atoms with E-state index in [2.05, 4.69) is 6.92 Å². The number of hydrogen-bond acceptors (Lipinski definition) is 1. The van der Waals surface area contributed by atoms with Gasteiger partial charge in [-0.25, -0.2) is 0 Å². The van der Waals surface area contributed by atoms with Gasteiger partial charge in [0.15, 0.2) is 0 Å². The molecule has 0 amide bonds. The van der Waals surface area contributed by atoms with Crippen LogP contribution in [0.1, 0.15) is 39.0 Å². The van der Waals surface area contributed by atoms with Crippen LogP contribution in [0.15, 0.2) is 0 Å². The Morgan fingerprint density at radius 3 is 2.73 bits per heavy atom. The summed E-state index contributed by atoms with van der Waals surface area (Å²) in [5, 5.41) is 0. The summed E-state index contributed by atoms with van der Waals surface area (Å²) in [6.07, 6.45) is 6.03. The predicted octanol–water partition coefficient (Wildman–Crippen LogP) is 2.40. The molecule has 2 aliphatic rings. The van der Waals surface area contributed by atoms with Crippen LogP contribution in [0.5, 0.6) is 0 Å². The lowest BCUT2D eigenvalue weighted by atomic mass is 9.78. The highest BCUT2D eigenvalue weighted by atomic mass is 16.1. The number of ketones is 1. The van der Waals surface area contributed by atoms with E-state index >= 15 is 0 Å². The van der Waals surface area contributed by atoms with Crippen LogP contribution in [0.4, 0.5) is 0 Å². The lowest BCUT2D eigenvalue weighted by molar-refractivity contribution is -0.121. The molecule has 3 unspecified atom stereocenters. The molecule has 0 spiro atoms. The van der Waals surface area contributed by atoms with Crippen molar-refractivity contribution in [3.63, 3.8) is 0 Å². The van der Waals surface area contributed by atoms with Gasteiger partial charge >= 0.3 is 0 Å². The van der Waals surface area contributed by atoms with E-state index < -0.39 is 0 Å². The molecule has 2 rings (SSSR count). The maximum absolute atomic E-state index is 11.4. The van der Waals surface area contributed by atoms with Gasteiger partial charge in [-0.1, -0.05) is 19.8 Å². The minimum Gasteiger partial charge on any atom is -0.299 e. The van der Waals surface area contributed by atoms with Crippen molar-refractivity contribution < 1.29 is 4.79 Å². The largest absolute Gasteiger partial charge is 0.299 e. The molecular weight excluding hydrogens is 136 g/mol. The third-order valence-corrected chi connectivity index (χ3v) is 3.49. The fourth-order valence-corrected chi connectivity index (χ4v) is 2.86. The van der Waals surface area contributed by atoms with E-state index in [-0.39, 0.29) is 0 Å². The Labute approximate surface area is 68.2 Å². The number of rotatable bonds is 0. The molecule has 0 bridgehead atoms. The van der Waals surface area contributed by atoms with E-state index in [0.29, 0.717) is 17.6 Å². The Balaban J connectivity index is 2.13. The van der Waals surface area contributed by atoms with Gasteiger partial charge in [0.1, 0.15) is 5.78 Å². The number of carbonyl (C=O) groups is 1. The number of Topliss-reactive ketones (excluding diaryl/α,β-unsaturated/α-hetero) is 1. The number of fused-ring (bicyclic) bond motifs is 1. The first-order valence-corrected chi connectivity index (χ1v) is 4.82. The van der Waals surface area contributed by atoms with Gasteiger partial charge < -0.3 is 0 Å². The predicted molar refractivity (Wildman–Crippen MR) is 44.2 cm³/mol. The van der Waals surface area contributed by atoms with Crippen molar-refractivity contribution in [1.29, 1.82) is 0 Å². The molecule has 3 atom stereocenters. The third-order valence-electron chi connectivity index (χ3n) is 3.49. The molecular formula is C10H16O. The van der Waals surface area contributed by atoms with Gasteiger partial charge in [-0.15, -0.1) is 0 Å². The first-order valence-electron chi connectivity index (χ1n) is 4.82. The maximum Gasteiger partial charge on any atom is 0.136 e. The van der Waals surface area contributed by atoms with Gasteiger partial charge in [-0.3, -0.25) is 4.79 Å². The molecule has 1 heteroatoms. The topological polar surface area (TPSA) is 17.1 Å². The van der Waals surface area contributed by atoms with E-state index in [1.165, 1.54) is 25.7 Å². The van der Waals surface area contributed by atoms with Crippen molar-refractivity contribution in [2.75, 3.05) is 0 Å². The second-order valence-corrected chi connectivity index (χ2v) is 4.20. The Hall–Kier alpha value is -0.330. The van der Waals surface area contributed by atoms with Crippen molar-refractivity contribution in [3.8, 4) is 0 Å². The highest BCUT2D eigenvalue weighted by Gasteiger charge is 2.40. The summed E-state index contributed by atoms with van der Waals surface area (Å²) in [6.45, 7) is 2.24. The zero-order chi connectivity index (χ0) is 7.84. The maximum atomic E-state index is 11.4. The molecule has 2 saturated carbocycles. The average Bonchev–Trinajstić information content (AvgIpc) is 2.30. The molecule has 1 nitrogen and oxygen atoms in total. The van der Waals surface area contributed by atoms with Gasteiger partial charge in [0.2, 0.25) is 0 Å². The molecule has 11 heavy (non-hydrogen) atoms. The lowest BCUT2D eigenvalue weighted by Crippen LogP contribution is -2.20. The Kier molecular flexibility index (Phi) is 1.74. The molecule has 0 aromatic carbocycles. The molecule has 0 aromatic rings. The SMILES string of the molecule is CC1CC(=O)C2CCCCC12. The summed E-state index contributed by atoms with van der Waals surface area (Å²) in [5.41, 5.74) is 0. The minimum atomic E-state index is 0.471. The van der Waals surface area contributed by atoms with Crippen LogP contribution >= 0.6 is 0 Å². The highest BCUT2D eigenvalue weighted by Crippen LogP contribution is 2.43. The zero-order valence-corrected chi connectivity index (χ0v) is 7.18. The van der Waals surface area contributed by atoms with Crippen LogP contribution in [-0.4, -0.2) is 5.78 Å². The summed E-state index contributed by atoms with van der Waals surface area (Å²) >= 11 is 0. The molecule has 0 N–H and O–H groups in total. The standard InChI is InChI=1S/C10H16O/c1-7-6-10(11)9-5-3-2-4-8(7)9/h7-9H,2-6H2,1H3. The Morgan fingerprint density at radius 2 is 2.00 bits per heavy atom. The van der Waals surface area contributed by atoms with Gasteiger partial charge in [0.05, 0.1) is 0 Å². The summed E-state index contributed by atoms with van der Waals surface area (Å²) < 4.78 is 0. The molecule has 2 fully saturated rings. The molecule has 0 aromatic heterocycles. The highest BCUT2D eigenvalue weighted by molar-refractivity contribution is 5.83. The van der Waals surface area contributed by atoms with Crippen molar-refractivity contribution >= 4 is 5.78 Å². The van der Waals surface area contributed by atoms with Crippen LogP contribution in [0.25, 0.3) is 0 Å². The summed E-state index contributed by atoms with van der Waals surface area (Å²) in [7, 11) is 0. The quantitative estimate of drug-likeness (QED) is 0.521. The summed E-state index contributed by atoms with van der Waals surface area (Å²) in [4.78, 5) is 11.4. The smallest absolute Gasteiger partial charge is 0.136 e. The van der Waals surface area contributed by atoms with Gasteiger partial charge in [0, 0.05) is 12.3 Å². The molecule has 62 valence electrons. The fraction of sp³-hybridized carbons (Fsp3) is 0.900. The minimum absolute atomic E-state index is 0.471. The Bertz CT molecular complexity index is 174. The number of hydrogen-bond donors (Lipinski definition) is 0. The molecule has 2 aliphatic carbocycles. The van der Waals surface area contributed by atoms with Gasteiger partial charge in [-0.2, -0.15) is 0 Å². The van der Waals surface area contributed by atoms with Crippen molar-refractivity contribution in [2.45, 2.75) is 39.0 Å². The zero-order valence-electron chi connectivity index (χ0n) is 7.18. The van der Waals surface area contributed by atoms with E-state index in [4.69, 9.17) is 0 Å². The van der Waals surface area contributed by atoms with E-state index in [9.17, 15) is 4.79 Å². The van der Waals surface area contributed by atoms with Crippen molar-refractivity contribution in [1.82, 2.24) is 0 Å². The molecule has 0 aliphatic heterocycles. The van der Waals surface area contributed by atoms with Crippen LogP contribution in [0.2, 0.25) is 0 Å². The van der Waals surface area contributed by atoms with E-state index in [1.54, 1.807) is 0 Å².